The Balaban J connectivity index is 1.36. The number of thiazole rings is 1. The van der Waals surface area contributed by atoms with Gasteiger partial charge in [0.05, 0.1) is 15.8 Å². The van der Waals surface area contributed by atoms with E-state index in [9.17, 15) is 31.5 Å². The summed E-state index contributed by atoms with van der Waals surface area (Å²) in [6.07, 6.45) is -4.15. The highest BCUT2D eigenvalue weighted by Crippen LogP contribution is 2.32. The highest BCUT2D eigenvalue weighted by molar-refractivity contribution is 7.22. The third kappa shape index (κ3) is 5.38. The molecule has 0 atom stereocenters. The number of nitrogens with one attached hydrogen (secondary N) is 1. The van der Waals surface area contributed by atoms with Gasteiger partial charge in [-0.05, 0) is 37.1 Å². The van der Waals surface area contributed by atoms with Crippen LogP contribution in [0.1, 0.15) is 23.2 Å². The summed E-state index contributed by atoms with van der Waals surface area (Å²) in [6.45, 7) is 0.428. The van der Waals surface area contributed by atoms with Crippen molar-refractivity contribution in [2.24, 2.45) is 5.92 Å². The molecule has 1 saturated heterocycles. The first-order valence-corrected chi connectivity index (χ1v) is 10.6. The number of hydrogen-bond acceptors (Lipinski definition) is 5. The molecule has 0 radical (unpaired) electrons. The Morgan fingerprint density at radius 3 is 2.48 bits per heavy atom. The monoisotopic (exact) mass is 485 g/mol. The van der Waals surface area contributed by atoms with E-state index in [2.05, 4.69) is 15.0 Å². The summed E-state index contributed by atoms with van der Waals surface area (Å²) in [4.78, 5) is 30.7. The van der Waals surface area contributed by atoms with E-state index in [1.807, 2.05) is 0 Å². The number of alkyl halides is 3. The second-order valence-corrected chi connectivity index (χ2v) is 8.41. The van der Waals surface area contributed by atoms with Crippen LogP contribution in [0.25, 0.3) is 10.2 Å². The maximum Gasteiger partial charge on any atom is 0.573 e. The van der Waals surface area contributed by atoms with Crippen LogP contribution in [-0.2, 0) is 4.79 Å². The number of ether oxygens (including phenoxy) is 1. The van der Waals surface area contributed by atoms with Gasteiger partial charge in [-0.25, -0.2) is 13.8 Å². The van der Waals surface area contributed by atoms with Crippen LogP contribution in [0, 0.1) is 17.6 Å². The van der Waals surface area contributed by atoms with Crippen LogP contribution in [0.4, 0.5) is 27.1 Å². The number of benzene rings is 2. The summed E-state index contributed by atoms with van der Waals surface area (Å²) in [5.74, 6) is -3.44. The summed E-state index contributed by atoms with van der Waals surface area (Å²) in [5.41, 5.74) is 0.175. The molecule has 1 fully saturated rings. The number of amides is 2. The van der Waals surface area contributed by atoms with Crippen LogP contribution in [0.3, 0.4) is 0 Å². The van der Waals surface area contributed by atoms with Gasteiger partial charge in [0.1, 0.15) is 17.4 Å². The molecule has 4 rings (SSSR count). The minimum atomic E-state index is -4.81. The van der Waals surface area contributed by atoms with Crippen LogP contribution < -0.4 is 10.1 Å². The number of rotatable bonds is 4. The molecular weight excluding hydrogens is 469 g/mol. The van der Waals surface area contributed by atoms with Crippen LogP contribution >= 0.6 is 11.3 Å². The zero-order valence-corrected chi connectivity index (χ0v) is 17.6. The van der Waals surface area contributed by atoms with Gasteiger partial charge in [-0.3, -0.25) is 9.59 Å². The number of piperidine rings is 1. The first kappa shape index (κ1) is 22.9. The smallest absolute Gasteiger partial charge is 0.406 e. The van der Waals surface area contributed by atoms with Gasteiger partial charge in [0.25, 0.3) is 5.91 Å². The van der Waals surface area contributed by atoms with E-state index in [0.29, 0.717) is 29.1 Å². The number of likely N-dealkylation sites (tertiary alicyclic amines) is 1. The normalized spacial score (nSPS) is 15.0. The Bertz CT molecular complexity index is 1210. The molecule has 1 N–H and O–H groups in total. The molecule has 0 spiro atoms. The lowest BCUT2D eigenvalue weighted by Gasteiger charge is -2.31. The van der Waals surface area contributed by atoms with Crippen molar-refractivity contribution in [3.05, 3.63) is 53.6 Å². The number of nitrogens with zero attached hydrogens (tertiary/aromatic N) is 2. The van der Waals surface area contributed by atoms with E-state index in [1.54, 1.807) is 0 Å². The van der Waals surface area contributed by atoms with E-state index in [0.717, 1.165) is 29.5 Å². The summed E-state index contributed by atoms with van der Waals surface area (Å²) < 4.78 is 68.4. The van der Waals surface area contributed by atoms with Gasteiger partial charge in [-0.15, -0.1) is 13.2 Å². The van der Waals surface area contributed by atoms with E-state index in [4.69, 9.17) is 0 Å². The predicted molar refractivity (Wildman–Crippen MR) is 110 cm³/mol. The van der Waals surface area contributed by atoms with Crippen molar-refractivity contribution in [1.29, 1.82) is 0 Å². The number of hydrogen-bond donors (Lipinski definition) is 1. The molecule has 2 amide bonds. The molecule has 0 unspecified atom stereocenters. The van der Waals surface area contributed by atoms with Gasteiger partial charge in [-0.2, -0.15) is 0 Å². The molecule has 1 aromatic heterocycles. The van der Waals surface area contributed by atoms with Gasteiger partial charge in [0, 0.05) is 31.1 Å². The molecule has 2 aromatic carbocycles. The fourth-order valence-electron chi connectivity index (χ4n) is 3.54. The lowest BCUT2D eigenvalue weighted by atomic mass is 9.95. The molecule has 3 aromatic rings. The minimum Gasteiger partial charge on any atom is -0.406 e. The molecule has 1 aliphatic heterocycles. The average molecular weight is 485 g/mol. The van der Waals surface area contributed by atoms with Crippen molar-refractivity contribution in [2.75, 3.05) is 18.4 Å². The van der Waals surface area contributed by atoms with E-state index >= 15 is 0 Å². The van der Waals surface area contributed by atoms with Gasteiger partial charge in [0.15, 0.2) is 5.13 Å². The van der Waals surface area contributed by atoms with Gasteiger partial charge in [-0.1, -0.05) is 11.3 Å². The summed E-state index contributed by atoms with van der Waals surface area (Å²) in [5, 5.41) is 2.89. The van der Waals surface area contributed by atoms with E-state index in [1.165, 1.54) is 17.0 Å². The Labute approximate surface area is 188 Å². The number of halogens is 5. The van der Waals surface area contributed by atoms with Crippen LogP contribution in [0.2, 0.25) is 0 Å². The number of carbonyl (C=O) groups is 2. The van der Waals surface area contributed by atoms with Crippen LogP contribution in [0.5, 0.6) is 5.75 Å². The van der Waals surface area contributed by atoms with Crippen molar-refractivity contribution in [1.82, 2.24) is 9.88 Å². The molecular formula is C21H16F5N3O3S. The van der Waals surface area contributed by atoms with Gasteiger partial charge >= 0.3 is 6.36 Å². The van der Waals surface area contributed by atoms with Crippen molar-refractivity contribution < 1.29 is 36.3 Å². The van der Waals surface area contributed by atoms with Gasteiger partial charge < -0.3 is 15.0 Å². The predicted octanol–water partition coefficient (Wildman–Crippen LogP) is 4.96. The summed E-state index contributed by atoms with van der Waals surface area (Å²) in [6, 6.07) is 6.42. The molecule has 12 heteroatoms. The molecule has 6 nitrogen and oxygen atoms in total. The topological polar surface area (TPSA) is 71.5 Å². The van der Waals surface area contributed by atoms with Crippen molar-refractivity contribution >= 4 is 38.5 Å². The SMILES string of the molecule is O=C(Nc1nc2ccc(OC(F)(F)F)cc2s1)C1CCN(C(=O)c2ccc(F)cc2F)CC1. The lowest BCUT2D eigenvalue weighted by molar-refractivity contribution is -0.274. The number of fused-ring (bicyclic) bond motifs is 1. The molecule has 0 saturated carbocycles. The van der Waals surface area contributed by atoms with E-state index < -0.39 is 29.8 Å². The quantitative estimate of drug-likeness (QED) is 0.530. The second kappa shape index (κ2) is 8.93. The first-order valence-electron chi connectivity index (χ1n) is 9.80. The fraction of sp³-hybridized carbons (Fsp3) is 0.286. The zero-order chi connectivity index (χ0) is 23.8. The van der Waals surface area contributed by atoms with Crippen molar-refractivity contribution in [3.8, 4) is 5.75 Å². The fourth-order valence-corrected chi connectivity index (χ4v) is 4.44. The third-order valence-electron chi connectivity index (χ3n) is 5.14. The van der Waals surface area contributed by atoms with Gasteiger partial charge in [0.2, 0.25) is 5.91 Å². The average Bonchev–Trinajstić information content (AvgIpc) is 3.13. The standard InChI is InChI=1S/C21H16F5N3O3S/c22-12-1-3-14(15(23)9-12)19(31)29-7-5-11(6-8-29)18(30)28-20-27-16-4-2-13(10-17(16)33-20)32-21(24,25)26/h1-4,9-11H,5-8H2,(H,27,28,30). The molecule has 0 aliphatic carbocycles. The summed E-state index contributed by atoms with van der Waals surface area (Å²) in [7, 11) is 0. The Morgan fingerprint density at radius 2 is 1.82 bits per heavy atom. The molecule has 2 heterocycles. The minimum absolute atomic E-state index is 0.214. The number of anilines is 1. The van der Waals surface area contributed by atoms with Crippen molar-refractivity contribution in [3.63, 3.8) is 0 Å². The molecule has 174 valence electrons. The molecule has 33 heavy (non-hydrogen) atoms. The number of aromatic nitrogens is 1. The largest absolute Gasteiger partial charge is 0.573 e. The lowest BCUT2D eigenvalue weighted by Crippen LogP contribution is -2.41. The van der Waals surface area contributed by atoms with Crippen LogP contribution in [0.15, 0.2) is 36.4 Å². The maximum absolute atomic E-state index is 13.9. The molecule has 1 aliphatic rings. The van der Waals surface area contributed by atoms with E-state index in [-0.39, 0.29) is 35.4 Å². The Kier molecular flexibility index (Phi) is 6.19. The second-order valence-electron chi connectivity index (χ2n) is 7.38. The number of carbonyl (C=O) groups excluding carboxylic acids is 2. The van der Waals surface area contributed by atoms with Crippen LogP contribution in [-0.4, -0.2) is 41.2 Å². The van der Waals surface area contributed by atoms with Crippen molar-refractivity contribution in [2.45, 2.75) is 19.2 Å². The maximum atomic E-state index is 13.9. The zero-order valence-electron chi connectivity index (χ0n) is 16.8. The Morgan fingerprint density at radius 1 is 1.09 bits per heavy atom. The first-order chi connectivity index (χ1) is 15.6. The molecule has 0 bridgehead atoms. The highest BCUT2D eigenvalue weighted by atomic mass is 32.1. The third-order valence-corrected chi connectivity index (χ3v) is 6.07. The summed E-state index contributed by atoms with van der Waals surface area (Å²) >= 11 is 1.01. The Hall–Kier alpha value is -3.28. The highest BCUT2D eigenvalue weighted by Gasteiger charge is 2.32.